The van der Waals surface area contributed by atoms with Crippen LogP contribution < -0.4 is 9.64 Å². The Kier molecular flexibility index (Phi) is 4.75. The summed E-state index contributed by atoms with van der Waals surface area (Å²) in [7, 11) is 0. The molecule has 0 N–H and O–H groups in total. The molecule has 27 heavy (non-hydrogen) atoms. The molecule has 1 aromatic heterocycles. The summed E-state index contributed by atoms with van der Waals surface area (Å²) in [6.45, 7) is 7.87. The summed E-state index contributed by atoms with van der Waals surface area (Å²) >= 11 is 0. The summed E-state index contributed by atoms with van der Waals surface area (Å²) in [5.41, 5.74) is 3.97. The quantitative estimate of drug-likeness (QED) is 0.828. The maximum atomic E-state index is 11.5. The summed E-state index contributed by atoms with van der Waals surface area (Å²) in [6, 6.07) is 8.09. The molecule has 1 fully saturated rings. The van der Waals surface area contributed by atoms with Crippen molar-refractivity contribution in [2.24, 2.45) is 4.99 Å². The van der Waals surface area contributed by atoms with Gasteiger partial charge in [0, 0.05) is 44.7 Å². The van der Waals surface area contributed by atoms with E-state index in [2.05, 4.69) is 20.9 Å². The van der Waals surface area contributed by atoms with Crippen LogP contribution in [0.5, 0.6) is 5.75 Å². The molecule has 2 aliphatic heterocycles. The number of benzene rings is 1. The summed E-state index contributed by atoms with van der Waals surface area (Å²) in [5.74, 6) is 1.85. The van der Waals surface area contributed by atoms with Crippen LogP contribution in [-0.4, -0.2) is 59.3 Å². The third kappa shape index (κ3) is 3.49. The normalized spacial score (nSPS) is 16.1. The van der Waals surface area contributed by atoms with Gasteiger partial charge in [-0.3, -0.25) is 9.79 Å². The highest BCUT2D eigenvalue weighted by Gasteiger charge is 2.23. The number of hydrogen-bond donors (Lipinski definition) is 0. The summed E-state index contributed by atoms with van der Waals surface area (Å²) < 4.78 is 5.64. The van der Waals surface area contributed by atoms with Gasteiger partial charge >= 0.3 is 0 Å². The Balaban J connectivity index is 1.56. The SMILES string of the molecule is CCOc1ccc2c(c1)C(c1cc(N3CCN(C(C)=O)CC3)ncn1)=NC2. The first-order valence-electron chi connectivity index (χ1n) is 9.29. The summed E-state index contributed by atoms with van der Waals surface area (Å²) in [6.07, 6.45) is 1.59. The number of ether oxygens (including phenoxy) is 1. The Labute approximate surface area is 158 Å². The molecule has 0 atom stereocenters. The fraction of sp³-hybridized carbons (Fsp3) is 0.400. The Morgan fingerprint density at radius 1 is 1.15 bits per heavy atom. The van der Waals surface area contributed by atoms with Crippen molar-refractivity contribution in [3.8, 4) is 5.75 Å². The maximum Gasteiger partial charge on any atom is 0.219 e. The Morgan fingerprint density at radius 2 is 1.96 bits per heavy atom. The summed E-state index contributed by atoms with van der Waals surface area (Å²) in [4.78, 5) is 29.2. The van der Waals surface area contributed by atoms with Gasteiger partial charge in [-0.1, -0.05) is 6.07 Å². The number of fused-ring (bicyclic) bond motifs is 1. The zero-order chi connectivity index (χ0) is 18.8. The average molecular weight is 365 g/mol. The van der Waals surface area contributed by atoms with Crippen LogP contribution in [0.4, 0.5) is 5.82 Å². The number of carbonyl (C=O) groups excluding carboxylic acids is 1. The number of hydrogen-bond acceptors (Lipinski definition) is 6. The Bertz CT molecular complexity index is 888. The van der Waals surface area contributed by atoms with Crippen LogP contribution >= 0.6 is 0 Å². The fourth-order valence-corrected chi connectivity index (χ4v) is 3.54. The van der Waals surface area contributed by atoms with Gasteiger partial charge in [-0.25, -0.2) is 9.97 Å². The van der Waals surface area contributed by atoms with Gasteiger partial charge < -0.3 is 14.5 Å². The predicted octanol–water partition coefficient (Wildman–Crippen LogP) is 1.89. The Morgan fingerprint density at radius 3 is 2.70 bits per heavy atom. The highest BCUT2D eigenvalue weighted by Crippen LogP contribution is 2.27. The van der Waals surface area contributed by atoms with Crippen LogP contribution in [0.2, 0.25) is 0 Å². The fourth-order valence-electron chi connectivity index (χ4n) is 3.54. The second kappa shape index (κ2) is 7.34. The topological polar surface area (TPSA) is 70.9 Å². The molecule has 1 saturated heterocycles. The molecule has 0 radical (unpaired) electrons. The van der Waals surface area contributed by atoms with Crippen molar-refractivity contribution < 1.29 is 9.53 Å². The zero-order valence-electron chi connectivity index (χ0n) is 15.7. The minimum atomic E-state index is 0.125. The van der Waals surface area contributed by atoms with Crippen molar-refractivity contribution in [3.05, 3.63) is 47.4 Å². The van der Waals surface area contributed by atoms with E-state index < -0.39 is 0 Å². The molecule has 7 nitrogen and oxygen atoms in total. The number of aliphatic imine (C=N–C) groups is 1. The van der Waals surface area contributed by atoms with E-state index in [0.717, 1.165) is 54.7 Å². The van der Waals surface area contributed by atoms with Crippen LogP contribution in [0.1, 0.15) is 30.7 Å². The van der Waals surface area contributed by atoms with Crippen molar-refractivity contribution in [1.82, 2.24) is 14.9 Å². The molecule has 0 bridgehead atoms. The minimum absolute atomic E-state index is 0.125. The number of piperazine rings is 1. The highest BCUT2D eigenvalue weighted by atomic mass is 16.5. The number of anilines is 1. The van der Waals surface area contributed by atoms with Crippen molar-refractivity contribution in [2.45, 2.75) is 20.4 Å². The van der Waals surface area contributed by atoms with Gasteiger partial charge in [0.25, 0.3) is 0 Å². The number of carbonyl (C=O) groups is 1. The second-order valence-corrected chi connectivity index (χ2v) is 6.67. The minimum Gasteiger partial charge on any atom is -0.494 e. The van der Waals surface area contributed by atoms with Crippen LogP contribution in [0, 0.1) is 0 Å². The van der Waals surface area contributed by atoms with Crippen molar-refractivity contribution in [3.63, 3.8) is 0 Å². The predicted molar refractivity (Wildman–Crippen MR) is 103 cm³/mol. The molecule has 2 aliphatic rings. The monoisotopic (exact) mass is 365 g/mol. The lowest BCUT2D eigenvalue weighted by Crippen LogP contribution is -2.48. The van der Waals surface area contributed by atoms with E-state index in [-0.39, 0.29) is 5.91 Å². The molecular weight excluding hydrogens is 342 g/mol. The first kappa shape index (κ1) is 17.5. The Hall–Kier alpha value is -2.96. The van der Waals surface area contributed by atoms with Crippen LogP contribution in [0.15, 0.2) is 35.6 Å². The van der Waals surface area contributed by atoms with Gasteiger partial charge in [0.2, 0.25) is 5.91 Å². The third-order valence-electron chi connectivity index (χ3n) is 5.00. The van der Waals surface area contributed by atoms with E-state index in [1.54, 1.807) is 13.3 Å². The van der Waals surface area contributed by atoms with Gasteiger partial charge in [-0.05, 0) is 24.6 Å². The highest BCUT2D eigenvalue weighted by molar-refractivity contribution is 6.14. The number of nitrogens with zero attached hydrogens (tertiary/aromatic N) is 5. The van der Waals surface area contributed by atoms with Crippen molar-refractivity contribution >= 4 is 17.4 Å². The molecule has 0 unspecified atom stereocenters. The van der Waals surface area contributed by atoms with Crippen LogP contribution in [0.25, 0.3) is 0 Å². The van der Waals surface area contributed by atoms with Crippen LogP contribution in [0.3, 0.4) is 0 Å². The molecule has 1 amide bonds. The molecular formula is C20H23N5O2. The first-order valence-corrected chi connectivity index (χ1v) is 9.29. The van der Waals surface area contributed by atoms with E-state index in [9.17, 15) is 4.79 Å². The molecule has 3 heterocycles. The van der Waals surface area contributed by atoms with Gasteiger partial charge in [0.1, 0.15) is 17.9 Å². The molecule has 0 aliphatic carbocycles. The zero-order valence-corrected chi connectivity index (χ0v) is 15.7. The van der Waals surface area contributed by atoms with Gasteiger partial charge in [0.15, 0.2) is 0 Å². The maximum absolute atomic E-state index is 11.5. The second-order valence-electron chi connectivity index (χ2n) is 6.67. The van der Waals surface area contributed by atoms with Crippen molar-refractivity contribution in [1.29, 1.82) is 0 Å². The number of amides is 1. The number of aromatic nitrogens is 2. The standard InChI is InChI=1S/C20H23N5O2/c1-3-27-16-5-4-15-12-21-20(17(15)10-16)18-11-19(23-13-22-18)25-8-6-24(7-9-25)14(2)26/h4-5,10-11,13H,3,6-9,12H2,1-2H3. The lowest BCUT2D eigenvalue weighted by Gasteiger charge is -2.34. The van der Waals surface area contributed by atoms with Crippen molar-refractivity contribution in [2.75, 3.05) is 37.7 Å². The van der Waals surface area contributed by atoms with E-state index in [1.807, 2.05) is 30.0 Å². The lowest BCUT2D eigenvalue weighted by atomic mass is 10.0. The molecule has 1 aromatic carbocycles. The van der Waals surface area contributed by atoms with E-state index in [4.69, 9.17) is 9.73 Å². The molecule has 0 spiro atoms. The first-order chi connectivity index (χ1) is 13.2. The van der Waals surface area contributed by atoms with E-state index in [1.165, 1.54) is 5.56 Å². The van der Waals surface area contributed by atoms with Crippen LogP contribution in [-0.2, 0) is 11.3 Å². The smallest absolute Gasteiger partial charge is 0.219 e. The van der Waals surface area contributed by atoms with E-state index >= 15 is 0 Å². The molecule has 7 heteroatoms. The van der Waals surface area contributed by atoms with Gasteiger partial charge in [0.05, 0.1) is 24.6 Å². The average Bonchev–Trinajstić information content (AvgIpc) is 3.12. The molecule has 4 rings (SSSR count). The summed E-state index contributed by atoms with van der Waals surface area (Å²) in [5, 5.41) is 0. The van der Waals surface area contributed by atoms with Gasteiger partial charge in [-0.15, -0.1) is 0 Å². The lowest BCUT2D eigenvalue weighted by molar-refractivity contribution is -0.129. The molecule has 0 saturated carbocycles. The molecule has 2 aromatic rings. The molecule has 140 valence electrons. The number of rotatable bonds is 4. The van der Waals surface area contributed by atoms with Gasteiger partial charge in [-0.2, -0.15) is 0 Å². The van der Waals surface area contributed by atoms with E-state index in [0.29, 0.717) is 13.2 Å². The third-order valence-corrected chi connectivity index (χ3v) is 5.00. The largest absolute Gasteiger partial charge is 0.494 e.